The molecule has 0 amide bonds. The van der Waals surface area contributed by atoms with Gasteiger partial charge in [-0.05, 0) is 75.2 Å². The Labute approximate surface area is 181 Å². The molecular weight excluding hydrogens is 544 g/mol. The predicted molar refractivity (Wildman–Crippen MR) is 114 cm³/mol. The van der Waals surface area contributed by atoms with Crippen molar-refractivity contribution in [2.75, 3.05) is 0 Å². The standard InChI is InChI=1S/C19H15Br3N2O3/c1-11-15(9-23-24(11)2)18(25)6-5-13-3-4-14(27-13)10-26-19-16(21)7-12(20)8-17(19)22/h3-9H,10H2,1-2H3/b6-5+. The Hall–Kier alpha value is -1.64. The van der Waals surface area contributed by atoms with Crippen molar-refractivity contribution >= 4 is 59.6 Å². The summed E-state index contributed by atoms with van der Waals surface area (Å²) in [5.74, 6) is 1.81. The van der Waals surface area contributed by atoms with Crippen LogP contribution in [0.2, 0.25) is 0 Å². The molecule has 0 aliphatic rings. The van der Waals surface area contributed by atoms with E-state index in [0.717, 1.165) is 19.1 Å². The summed E-state index contributed by atoms with van der Waals surface area (Å²) >= 11 is 10.4. The summed E-state index contributed by atoms with van der Waals surface area (Å²) in [6.45, 7) is 2.12. The third-order valence-electron chi connectivity index (χ3n) is 3.90. The predicted octanol–water partition coefficient (Wildman–Crippen LogP) is 6.08. The van der Waals surface area contributed by atoms with Crippen LogP contribution >= 0.6 is 47.8 Å². The number of carbonyl (C=O) groups excluding carboxylic acids is 1. The fourth-order valence-electron chi connectivity index (χ4n) is 2.36. The minimum Gasteiger partial charge on any atom is -0.483 e. The zero-order chi connectivity index (χ0) is 19.6. The van der Waals surface area contributed by atoms with Crippen molar-refractivity contribution in [1.29, 1.82) is 0 Å². The first-order chi connectivity index (χ1) is 12.8. The van der Waals surface area contributed by atoms with Gasteiger partial charge in [-0.25, -0.2) is 0 Å². The van der Waals surface area contributed by atoms with Crippen LogP contribution in [-0.4, -0.2) is 15.6 Å². The van der Waals surface area contributed by atoms with Crippen LogP contribution in [0.4, 0.5) is 0 Å². The number of halogens is 3. The Bertz CT molecular complexity index is 998. The molecule has 0 N–H and O–H groups in total. The van der Waals surface area contributed by atoms with E-state index in [9.17, 15) is 4.79 Å². The molecule has 27 heavy (non-hydrogen) atoms. The molecule has 0 unspecified atom stereocenters. The minimum absolute atomic E-state index is 0.113. The molecule has 5 nitrogen and oxygen atoms in total. The van der Waals surface area contributed by atoms with Crippen molar-refractivity contribution < 1.29 is 13.9 Å². The quantitative estimate of drug-likeness (QED) is 0.272. The van der Waals surface area contributed by atoms with Crippen LogP contribution < -0.4 is 4.74 Å². The van der Waals surface area contributed by atoms with Crippen molar-refractivity contribution in [2.45, 2.75) is 13.5 Å². The van der Waals surface area contributed by atoms with E-state index in [1.165, 1.54) is 6.08 Å². The topological polar surface area (TPSA) is 57.3 Å². The second-order valence-electron chi connectivity index (χ2n) is 5.76. The molecule has 2 aromatic heterocycles. The van der Waals surface area contributed by atoms with Gasteiger partial charge in [-0.1, -0.05) is 15.9 Å². The van der Waals surface area contributed by atoms with E-state index in [0.29, 0.717) is 22.8 Å². The van der Waals surface area contributed by atoms with Crippen molar-refractivity contribution in [3.05, 3.63) is 72.7 Å². The zero-order valence-corrected chi connectivity index (χ0v) is 19.3. The zero-order valence-electron chi connectivity index (χ0n) is 14.5. The van der Waals surface area contributed by atoms with E-state index in [1.54, 1.807) is 30.1 Å². The Kier molecular flexibility index (Phi) is 6.39. The van der Waals surface area contributed by atoms with Gasteiger partial charge in [-0.15, -0.1) is 0 Å². The first kappa shape index (κ1) is 20.1. The molecule has 3 rings (SSSR count). The molecule has 0 spiro atoms. The lowest BCUT2D eigenvalue weighted by Gasteiger charge is -2.09. The number of ether oxygens (including phenoxy) is 1. The Morgan fingerprint density at radius 3 is 2.59 bits per heavy atom. The van der Waals surface area contributed by atoms with Crippen LogP contribution in [0.15, 0.2) is 54.4 Å². The summed E-state index contributed by atoms with van der Waals surface area (Å²) in [6.07, 6.45) is 4.69. The molecule has 0 aliphatic heterocycles. The summed E-state index contributed by atoms with van der Waals surface area (Å²) < 4.78 is 15.8. The van der Waals surface area contributed by atoms with Gasteiger partial charge in [0, 0.05) is 17.2 Å². The molecule has 0 aliphatic carbocycles. The molecule has 140 valence electrons. The van der Waals surface area contributed by atoms with Gasteiger partial charge in [0.25, 0.3) is 0 Å². The fourth-order valence-corrected chi connectivity index (χ4v) is 4.85. The monoisotopic (exact) mass is 556 g/mol. The summed E-state index contributed by atoms with van der Waals surface area (Å²) in [4.78, 5) is 12.3. The molecule has 3 aromatic rings. The van der Waals surface area contributed by atoms with Crippen LogP contribution in [0.3, 0.4) is 0 Å². The molecule has 0 saturated heterocycles. The van der Waals surface area contributed by atoms with Crippen LogP contribution in [-0.2, 0) is 13.7 Å². The number of hydrogen-bond donors (Lipinski definition) is 0. The lowest BCUT2D eigenvalue weighted by Crippen LogP contribution is -1.98. The number of ketones is 1. The van der Waals surface area contributed by atoms with E-state index in [1.807, 2.05) is 25.1 Å². The minimum atomic E-state index is -0.113. The van der Waals surface area contributed by atoms with Gasteiger partial charge in [0.1, 0.15) is 23.9 Å². The lowest BCUT2D eigenvalue weighted by atomic mass is 10.1. The largest absolute Gasteiger partial charge is 0.483 e. The third kappa shape index (κ3) is 4.80. The van der Waals surface area contributed by atoms with Crippen LogP contribution in [0.1, 0.15) is 27.6 Å². The molecule has 1 aromatic carbocycles. The molecule has 0 radical (unpaired) electrons. The van der Waals surface area contributed by atoms with Crippen LogP contribution in [0.5, 0.6) is 5.75 Å². The van der Waals surface area contributed by atoms with Crippen molar-refractivity contribution in [1.82, 2.24) is 9.78 Å². The van der Waals surface area contributed by atoms with E-state index >= 15 is 0 Å². The molecule has 8 heteroatoms. The van der Waals surface area contributed by atoms with E-state index in [2.05, 4.69) is 52.9 Å². The molecule has 0 atom stereocenters. The first-order valence-electron chi connectivity index (χ1n) is 7.92. The smallest absolute Gasteiger partial charge is 0.189 e. The van der Waals surface area contributed by atoms with Gasteiger partial charge < -0.3 is 9.15 Å². The number of rotatable bonds is 6. The fraction of sp³-hybridized carbons (Fsp3) is 0.158. The van der Waals surface area contributed by atoms with Gasteiger partial charge in [0.15, 0.2) is 5.78 Å². The lowest BCUT2D eigenvalue weighted by molar-refractivity contribution is 0.104. The Morgan fingerprint density at radius 1 is 1.26 bits per heavy atom. The van der Waals surface area contributed by atoms with Crippen LogP contribution in [0.25, 0.3) is 6.08 Å². The second kappa shape index (κ2) is 8.58. The summed E-state index contributed by atoms with van der Waals surface area (Å²) in [5, 5.41) is 4.08. The van der Waals surface area contributed by atoms with Gasteiger partial charge in [0.05, 0.1) is 20.7 Å². The highest BCUT2D eigenvalue weighted by Gasteiger charge is 2.11. The highest BCUT2D eigenvalue weighted by atomic mass is 79.9. The van der Waals surface area contributed by atoms with E-state index in [-0.39, 0.29) is 12.4 Å². The van der Waals surface area contributed by atoms with Crippen LogP contribution in [0, 0.1) is 6.92 Å². The van der Waals surface area contributed by atoms with Crippen molar-refractivity contribution in [3.63, 3.8) is 0 Å². The normalized spacial score (nSPS) is 11.3. The summed E-state index contributed by atoms with van der Waals surface area (Å²) in [7, 11) is 1.80. The van der Waals surface area contributed by atoms with Gasteiger partial charge in [0.2, 0.25) is 0 Å². The van der Waals surface area contributed by atoms with E-state index in [4.69, 9.17) is 9.15 Å². The average Bonchev–Trinajstić information content (AvgIpc) is 3.19. The van der Waals surface area contributed by atoms with Gasteiger partial charge in [-0.2, -0.15) is 5.10 Å². The first-order valence-corrected chi connectivity index (χ1v) is 10.3. The summed E-state index contributed by atoms with van der Waals surface area (Å²) in [5.41, 5.74) is 1.40. The Balaban J connectivity index is 1.65. The molecule has 0 fully saturated rings. The van der Waals surface area contributed by atoms with E-state index < -0.39 is 0 Å². The number of furan rings is 1. The molecule has 0 saturated carbocycles. The second-order valence-corrected chi connectivity index (χ2v) is 8.38. The SMILES string of the molecule is Cc1c(C(=O)/C=C/c2ccc(COc3c(Br)cc(Br)cc3Br)o2)cnn1C. The number of allylic oxidation sites excluding steroid dienone is 1. The number of benzene rings is 1. The van der Waals surface area contributed by atoms with Crippen molar-refractivity contribution in [3.8, 4) is 5.75 Å². The average molecular weight is 559 g/mol. The maximum atomic E-state index is 12.3. The number of hydrogen-bond acceptors (Lipinski definition) is 4. The number of carbonyl (C=O) groups is 1. The number of nitrogens with zero attached hydrogens (tertiary/aromatic N) is 2. The highest BCUT2D eigenvalue weighted by Crippen LogP contribution is 2.36. The Morgan fingerprint density at radius 2 is 1.96 bits per heavy atom. The number of aryl methyl sites for hydroxylation is 1. The molecule has 0 bridgehead atoms. The third-order valence-corrected chi connectivity index (χ3v) is 5.54. The highest BCUT2D eigenvalue weighted by molar-refractivity contribution is 9.11. The molecular formula is C19H15Br3N2O3. The van der Waals surface area contributed by atoms with Gasteiger partial charge in [-0.3, -0.25) is 9.48 Å². The molecule has 2 heterocycles. The maximum Gasteiger partial charge on any atom is 0.189 e. The number of aromatic nitrogens is 2. The van der Waals surface area contributed by atoms with Crippen molar-refractivity contribution in [2.24, 2.45) is 7.05 Å². The summed E-state index contributed by atoms with van der Waals surface area (Å²) in [6, 6.07) is 7.43. The van der Waals surface area contributed by atoms with Gasteiger partial charge >= 0.3 is 0 Å². The maximum absolute atomic E-state index is 12.3.